The number of esters is 1. The molecule has 0 aliphatic carbocycles. The number of benzene rings is 1. The maximum atomic E-state index is 13.4. The lowest BCUT2D eigenvalue weighted by Crippen LogP contribution is -2.09. The van der Waals surface area contributed by atoms with Crippen LogP contribution in [0.3, 0.4) is 0 Å². The summed E-state index contributed by atoms with van der Waals surface area (Å²) in [7, 11) is 1.43. The first-order chi connectivity index (χ1) is 7.58. The molecule has 0 aliphatic rings. The highest BCUT2D eigenvalue weighted by atomic mass is 19.1. The molecule has 0 atom stereocenters. The highest BCUT2D eigenvalue weighted by Crippen LogP contribution is 2.25. The van der Waals surface area contributed by atoms with Crippen LogP contribution in [0.1, 0.15) is 12.5 Å². The molecule has 0 aliphatic heterocycles. The summed E-state index contributed by atoms with van der Waals surface area (Å²) >= 11 is 0. The van der Waals surface area contributed by atoms with Crippen molar-refractivity contribution in [3.8, 4) is 5.75 Å². The summed E-state index contributed by atoms with van der Waals surface area (Å²) in [6, 6.07) is 2.54. The predicted octanol–water partition coefficient (Wildman–Crippen LogP) is 1.52. The maximum Gasteiger partial charge on any atom is 0.310 e. The lowest BCUT2D eigenvalue weighted by Gasteiger charge is -2.08. The lowest BCUT2D eigenvalue weighted by molar-refractivity contribution is -0.142. The molecule has 0 unspecified atom stereocenters. The fraction of sp³-hybridized carbons (Fsp3) is 0.364. The van der Waals surface area contributed by atoms with E-state index in [1.807, 2.05) is 0 Å². The summed E-state index contributed by atoms with van der Waals surface area (Å²) in [5, 5.41) is 0. The molecule has 4 nitrogen and oxygen atoms in total. The predicted molar refractivity (Wildman–Crippen MR) is 57.7 cm³/mol. The van der Waals surface area contributed by atoms with Gasteiger partial charge in [0.05, 0.1) is 25.8 Å². The Balaban J connectivity index is 2.91. The summed E-state index contributed by atoms with van der Waals surface area (Å²) in [5.74, 6) is -0.666. The van der Waals surface area contributed by atoms with Crippen molar-refractivity contribution in [1.29, 1.82) is 0 Å². The molecule has 0 amide bonds. The molecule has 0 saturated heterocycles. The minimum absolute atomic E-state index is 0.129. The Hall–Kier alpha value is -1.78. The molecule has 0 heterocycles. The van der Waals surface area contributed by atoms with Crippen LogP contribution in [0.5, 0.6) is 5.75 Å². The number of halogens is 1. The highest BCUT2D eigenvalue weighted by Gasteiger charge is 2.12. The van der Waals surface area contributed by atoms with Gasteiger partial charge in [-0.25, -0.2) is 4.39 Å². The number of ether oxygens (including phenoxy) is 2. The van der Waals surface area contributed by atoms with Gasteiger partial charge in [0.1, 0.15) is 11.6 Å². The van der Waals surface area contributed by atoms with Gasteiger partial charge in [0.15, 0.2) is 0 Å². The molecule has 0 aromatic heterocycles. The minimum atomic E-state index is -0.536. The van der Waals surface area contributed by atoms with E-state index in [4.69, 9.17) is 15.2 Å². The molecule has 0 bridgehead atoms. The summed E-state index contributed by atoms with van der Waals surface area (Å²) in [6.07, 6.45) is -0.129. The highest BCUT2D eigenvalue weighted by molar-refractivity contribution is 5.73. The fourth-order valence-corrected chi connectivity index (χ4v) is 1.29. The summed E-state index contributed by atoms with van der Waals surface area (Å²) in [4.78, 5) is 11.2. The van der Waals surface area contributed by atoms with E-state index in [1.54, 1.807) is 6.92 Å². The van der Waals surface area contributed by atoms with Crippen molar-refractivity contribution >= 4 is 11.7 Å². The zero-order valence-electron chi connectivity index (χ0n) is 9.25. The molecule has 1 aromatic rings. The van der Waals surface area contributed by atoms with Gasteiger partial charge in [-0.3, -0.25) is 4.79 Å². The van der Waals surface area contributed by atoms with E-state index in [2.05, 4.69) is 0 Å². The van der Waals surface area contributed by atoms with Crippen molar-refractivity contribution in [2.24, 2.45) is 0 Å². The van der Waals surface area contributed by atoms with Crippen LogP contribution < -0.4 is 10.5 Å². The van der Waals surface area contributed by atoms with Crippen LogP contribution in [-0.4, -0.2) is 19.7 Å². The normalized spacial score (nSPS) is 9.94. The Morgan fingerprint density at radius 1 is 1.50 bits per heavy atom. The van der Waals surface area contributed by atoms with Gasteiger partial charge in [-0.05, 0) is 13.0 Å². The molecule has 2 N–H and O–H groups in total. The van der Waals surface area contributed by atoms with E-state index in [1.165, 1.54) is 13.2 Å². The van der Waals surface area contributed by atoms with Crippen LogP contribution in [0.4, 0.5) is 10.1 Å². The number of hydrogen-bond donors (Lipinski definition) is 1. The van der Waals surface area contributed by atoms with Crippen LogP contribution >= 0.6 is 0 Å². The first-order valence-corrected chi connectivity index (χ1v) is 4.86. The fourth-order valence-electron chi connectivity index (χ4n) is 1.29. The number of anilines is 1. The number of carbonyl (C=O) groups excluding carboxylic acids is 1. The van der Waals surface area contributed by atoms with Crippen molar-refractivity contribution in [2.45, 2.75) is 13.3 Å². The topological polar surface area (TPSA) is 61.5 Å². The van der Waals surface area contributed by atoms with Gasteiger partial charge >= 0.3 is 5.97 Å². The van der Waals surface area contributed by atoms with Gasteiger partial charge in [-0.15, -0.1) is 0 Å². The van der Waals surface area contributed by atoms with Crippen molar-refractivity contribution < 1.29 is 18.7 Å². The second kappa shape index (κ2) is 5.34. The largest absolute Gasteiger partial charge is 0.495 e. The molecule has 0 radical (unpaired) electrons. The van der Waals surface area contributed by atoms with Gasteiger partial charge < -0.3 is 15.2 Å². The first kappa shape index (κ1) is 12.3. The SMILES string of the molecule is CCOC(=O)Cc1cc(OC)c(N)cc1F. The number of carbonyl (C=O) groups is 1. The van der Waals surface area contributed by atoms with Crippen LogP contribution in [0, 0.1) is 5.82 Å². The number of nitrogens with two attached hydrogens (primary N) is 1. The average Bonchev–Trinajstić information content (AvgIpc) is 2.22. The molecule has 1 aromatic carbocycles. The molecule has 5 heteroatoms. The number of nitrogen functional groups attached to an aromatic ring is 1. The van der Waals surface area contributed by atoms with Crippen LogP contribution in [-0.2, 0) is 16.0 Å². The number of rotatable bonds is 4. The molecule has 1 rings (SSSR count). The van der Waals surface area contributed by atoms with Gasteiger partial charge in [-0.1, -0.05) is 0 Å². The summed E-state index contributed by atoms with van der Waals surface area (Å²) < 4.78 is 23.1. The molecule has 88 valence electrons. The Morgan fingerprint density at radius 3 is 2.75 bits per heavy atom. The molecule has 0 fully saturated rings. The number of methoxy groups -OCH3 is 1. The van der Waals surface area contributed by atoms with Gasteiger partial charge in [-0.2, -0.15) is 0 Å². The molecular formula is C11H14FNO3. The molecule has 16 heavy (non-hydrogen) atoms. The second-order valence-corrected chi connectivity index (χ2v) is 3.17. The monoisotopic (exact) mass is 227 g/mol. The maximum absolute atomic E-state index is 13.4. The third-order valence-electron chi connectivity index (χ3n) is 2.04. The third-order valence-corrected chi connectivity index (χ3v) is 2.04. The van der Waals surface area contributed by atoms with Crippen LogP contribution in [0.25, 0.3) is 0 Å². The number of hydrogen-bond acceptors (Lipinski definition) is 4. The Bertz CT molecular complexity index is 393. The van der Waals surface area contributed by atoms with E-state index < -0.39 is 11.8 Å². The van der Waals surface area contributed by atoms with Crippen molar-refractivity contribution in [3.05, 3.63) is 23.5 Å². The van der Waals surface area contributed by atoms with Gasteiger partial charge in [0, 0.05) is 11.6 Å². The van der Waals surface area contributed by atoms with Crippen molar-refractivity contribution in [1.82, 2.24) is 0 Å². The Labute approximate surface area is 93.2 Å². The van der Waals surface area contributed by atoms with E-state index in [-0.39, 0.29) is 24.3 Å². The van der Waals surface area contributed by atoms with Gasteiger partial charge in [0.2, 0.25) is 0 Å². The lowest BCUT2D eigenvalue weighted by atomic mass is 10.1. The second-order valence-electron chi connectivity index (χ2n) is 3.17. The molecule has 0 spiro atoms. The quantitative estimate of drug-likeness (QED) is 0.625. The van der Waals surface area contributed by atoms with Crippen LogP contribution in [0.2, 0.25) is 0 Å². The van der Waals surface area contributed by atoms with E-state index in [0.29, 0.717) is 5.75 Å². The summed E-state index contributed by atoms with van der Waals surface area (Å²) in [6.45, 7) is 1.96. The summed E-state index contributed by atoms with van der Waals surface area (Å²) in [5.41, 5.74) is 5.92. The molecular weight excluding hydrogens is 213 g/mol. The molecule has 0 saturated carbocycles. The van der Waals surface area contributed by atoms with E-state index in [9.17, 15) is 9.18 Å². The van der Waals surface area contributed by atoms with Crippen molar-refractivity contribution in [3.63, 3.8) is 0 Å². The average molecular weight is 227 g/mol. The van der Waals surface area contributed by atoms with E-state index in [0.717, 1.165) is 6.07 Å². The van der Waals surface area contributed by atoms with Crippen LogP contribution in [0.15, 0.2) is 12.1 Å². The minimum Gasteiger partial charge on any atom is -0.495 e. The van der Waals surface area contributed by atoms with E-state index >= 15 is 0 Å². The Morgan fingerprint density at radius 2 is 2.19 bits per heavy atom. The zero-order chi connectivity index (χ0) is 12.1. The zero-order valence-corrected chi connectivity index (χ0v) is 9.25. The first-order valence-electron chi connectivity index (χ1n) is 4.86. The van der Waals surface area contributed by atoms with Gasteiger partial charge in [0.25, 0.3) is 0 Å². The van der Waals surface area contributed by atoms with Crippen molar-refractivity contribution in [2.75, 3.05) is 19.5 Å². The Kier molecular flexibility index (Phi) is 4.10. The smallest absolute Gasteiger partial charge is 0.310 e. The third kappa shape index (κ3) is 2.85. The standard InChI is InChI=1S/C11H14FNO3/c1-3-16-11(14)5-7-4-10(15-2)9(13)6-8(7)12/h4,6H,3,5,13H2,1-2H3.